The smallest absolute Gasteiger partial charge is 0.311 e. The molecule has 0 bridgehead atoms. The van der Waals surface area contributed by atoms with Crippen molar-refractivity contribution in [3.63, 3.8) is 0 Å². The second kappa shape index (κ2) is 6.62. The summed E-state index contributed by atoms with van der Waals surface area (Å²) in [6.07, 6.45) is 0. The van der Waals surface area contributed by atoms with Crippen LogP contribution in [0.2, 0.25) is 0 Å². The van der Waals surface area contributed by atoms with Gasteiger partial charge in [0.05, 0.1) is 10.5 Å². The highest BCUT2D eigenvalue weighted by Crippen LogP contribution is 2.15. The standard InChI is InChI=1S/C14H9ClN2O4/c15-13(11-7-4-8-12(9-11)17(19)20)16-21-14(18)10-5-2-1-3-6-10/h1-9H/b16-13+. The predicted octanol–water partition coefficient (Wildman–Crippen LogP) is 3.35. The number of nitro groups is 1. The average molecular weight is 305 g/mol. The second-order valence-corrected chi connectivity index (χ2v) is 4.29. The van der Waals surface area contributed by atoms with E-state index in [2.05, 4.69) is 5.16 Å². The molecular formula is C14H9ClN2O4. The molecule has 0 radical (unpaired) electrons. The summed E-state index contributed by atoms with van der Waals surface area (Å²) in [4.78, 5) is 26.5. The Morgan fingerprint density at radius 3 is 2.43 bits per heavy atom. The van der Waals surface area contributed by atoms with E-state index in [4.69, 9.17) is 16.4 Å². The highest BCUT2D eigenvalue weighted by Gasteiger charge is 2.10. The molecule has 0 heterocycles. The van der Waals surface area contributed by atoms with E-state index in [9.17, 15) is 14.9 Å². The molecule has 0 saturated heterocycles. The molecule has 2 rings (SSSR count). The maximum absolute atomic E-state index is 11.7. The highest BCUT2D eigenvalue weighted by molar-refractivity contribution is 6.69. The van der Waals surface area contributed by atoms with Gasteiger partial charge in [0.25, 0.3) is 5.69 Å². The van der Waals surface area contributed by atoms with Crippen LogP contribution >= 0.6 is 11.6 Å². The van der Waals surface area contributed by atoms with E-state index in [0.717, 1.165) is 0 Å². The molecular weight excluding hydrogens is 296 g/mol. The Morgan fingerprint density at radius 1 is 1.10 bits per heavy atom. The van der Waals surface area contributed by atoms with Gasteiger partial charge in [-0.05, 0) is 12.1 Å². The van der Waals surface area contributed by atoms with Gasteiger partial charge < -0.3 is 4.84 Å². The van der Waals surface area contributed by atoms with Gasteiger partial charge in [0.15, 0.2) is 5.17 Å². The summed E-state index contributed by atoms with van der Waals surface area (Å²) < 4.78 is 0. The molecule has 0 amide bonds. The van der Waals surface area contributed by atoms with Crippen LogP contribution < -0.4 is 0 Å². The molecule has 106 valence electrons. The Labute approximate surface area is 124 Å². The molecule has 0 N–H and O–H groups in total. The summed E-state index contributed by atoms with van der Waals surface area (Å²) >= 11 is 5.86. The van der Waals surface area contributed by atoms with E-state index in [1.54, 1.807) is 30.3 Å². The third-order valence-corrected chi connectivity index (χ3v) is 2.80. The highest BCUT2D eigenvalue weighted by atomic mass is 35.5. The van der Waals surface area contributed by atoms with Crippen LogP contribution in [0, 0.1) is 10.1 Å². The lowest BCUT2D eigenvalue weighted by Gasteiger charge is -2.00. The zero-order chi connectivity index (χ0) is 15.2. The molecule has 0 atom stereocenters. The molecule has 0 spiro atoms. The van der Waals surface area contributed by atoms with E-state index in [1.807, 2.05) is 0 Å². The van der Waals surface area contributed by atoms with Gasteiger partial charge in [-0.15, -0.1) is 0 Å². The molecule has 0 aliphatic heterocycles. The third kappa shape index (κ3) is 3.87. The molecule has 6 nitrogen and oxygen atoms in total. The minimum absolute atomic E-state index is 0.129. The van der Waals surface area contributed by atoms with Crippen LogP contribution in [0.3, 0.4) is 0 Å². The normalized spacial score (nSPS) is 11.0. The van der Waals surface area contributed by atoms with Crippen molar-refractivity contribution in [3.05, 3.63) is 75.8 Å². The fraction of sp³-hybridized carbons (Fsp3) is 0. The first-order chi connectivity index (χ1) is 10.1. The first-order valence-corrected chi connectivity index (χ1v) is 6.20. The van der Waals surface area contributed by atoms with Gasteiger partial charge in [-0.1, -0.05) is 47.1 Å². The number of halogens is 1. The van der Waals surface area contributed by atoms with Gasteiger partial charge in [0.1, 0.15) is 0 Å². The van der Waals surface area contributed by atoms with E-state index in [1.165, 1.54) is 24.3 Å². The minimum Gasteiger partial charge on any atom is -0.311 e. The minimum atomic E-state index is -0.667. The van der Waals surface area contributed by atoms with Gasteiger partial charge in [-0.3, -0.25) is 10.1 Å². The monoisotopic (exact) mass is 304 g/mol. The van der Waals surface area contributed by atoms with Crippen molar-refractivity contribution in [2.45, 2.75) is 0 Å². The Morgan fingerprint density at radius 2 is 1.76 bits per heavy atom. The van der Waals surface area contributed by atoms with Crippen molar-refractivity contribution in [2.75, 3.05) is 0 Å². The average Bonchev–Trinajstić information content (AvgIpc) is 2.53. The summed E-state index contributed by atoms with van der Waals surface area (Å²) in [5, 5.41) is 14.0. The number of hydrogen-bond donors (Lipinski definition) is 0. The Kier molecular flexibility index (Phi) is 4.63. The lowest BCUT2D eigenvalue weighted by Crippen LogP contribution is -2.02. The molecule has 7 heteroatoms. The molecule has 0 fully saturated rings. The SMILES string of the molecule is O=C(O/N=C(/Cl)c1cccc([N+](=O)[O-])c1)c1ccccc1. The largest absolute Gasteiger partial charge is 0.365 e. The summed E-state index contributed by atoms with van der Waals surface area (Å²) in [6.45, 7) is 0. The van der Waals surface area contributed by atoms with E-state index in [0.29, 0.717) is 5.56 Å². The zero-order valence-corrected chi connectivity index (χ0v) is 11.4. The number of hydrogen-bond acceptors (Lipinski definition) is 5. The number of non-ortho nitro benzene ring substituents is 1. The van der Waals surface area contributed by atoms with Crippen LogP contribution in [-0.2, 0) is 4.84 Å². The topological polar surface area (TPSA) is 81.8 Å². The van der Waals surface area contributed by atoms with Crippen molar-refractivity contribution in [2.24, 2.45) is 5.16 Å². The lowest BCUT2D eigenvalue weighted by atomic mass is 10.2. The van der Waals surface area contributed by atoms with Crippen molar-refractivity contribution in [1.29, 1.82) is 0 Å². The van der Waals surface area contributed by atoms with Gasteiger partial charge in [0, 0.05) is 17.7 Å². The second-order valence-electron chi connectivity index (χ2n) is 3.93. The summed E-state index contributed by atoms with van der Waals surface area (Å²) in [5.41, 5.74) is 0.478. The maximum atomic E-state index is 11.7. The number of rotatable bonds is 4. The third-order valence-electron chi connectivity index (χ3n) is 2.51. The number of carbonyl (C=O) groups excluding carboxylic acids is 1. The molecule has 0 unspecified atom stereocenters. The van der Waals surface area contributed by atoms with Crippen LogP contribution in [0.4, 0.5) is 5.69 Å². The van der Waals surface area contributed by atoms with Crippen LogP contribution in [-0.4, -0.2) is 16.1 Å². The van der Waals surface area contributed by atoms with Crippen molar-refractivity contribution < 1.29 is 14.6 Å². The number of benzene rings is 2. The number of nitro benzene ring substituents is 1. The van der Waals surface area contributed by atoms with Gasteiger partial charge in [-0.25, -0.2) is 4.79 Å². The fourth-order valence-corrected chi connectivity index (χ4v) is 1.66. The first kappa shape index (κ1) is 14.7. The molecule has 21 heavy (non-hydrogen) atoms. The Bertz CT molecular complexity index is 701. The fourth-order valence-electron chi connectivity index (χ4n) is 1.51. The number of oxime groups is 1. The summed E-state index contributed by atoms with van der Waals surface area (Å²) in [6, 6.07) is 13.8. The zero-order valence-electron chi connectivity index (χ0n) is 10.6. The lowest BCUT2D eigenvalue weighted by molar-refractivity contribution is -0.384. The van der Waals surface area contributed by atoms with Crippen LogP contribution in [0.15, 0.2) is 59.8 Å². The summed E-state index contributed by atoms with van der Waals surface area (Å²) in [5.74, 6) is -0.667. The molecule has 0 aromatic heterocycles. The Balaban J connectivity index is 2.13. The van der Waals surface area contributed by atoms with Crippen LogP contribution in [0.1, 0.15) is 15.9 Å². The van der Waals surface area contributed by atoms with Crippen molar-refractivity contribution in [1.82, 2.24) is 0 Å². The van der Waals surface area contributed by atoms with Gasteiger partial charge in [0.2, 0.25) is 0 Å². The number of nitrogens with zero attached hydrogens (tertiary/aromatic N) is 2. The molecule has 2 aromatic rings. The maximum Gasteiger partial charge on any atom is 0.365 e. The number of carbonyl (C=O) groups is 1. The Hall–Kier alpha value is -2.73. The summed E-state index contributed by atoms with van der Waals surface area (Å²) in [7, 11) is 0. The molecule has 0 saturated carbocycles. The first-order valence-electron chi connectivity index (χ1n) is 5.82. The van der Waals surface area contributed by atoms with Gasteiger partial charge in [-0.2, -0.15) is 0 Å². The quantitative estimate of drug-likeness (QED) is 0.375. The van der Waals surface area contributed by atoms with Crippen molar-refractivity contribution >= 4 is 28.4 Å². The molecule has 0 aliphatic carbocycles. The molecule has 2 aromatic carbocycles. The molecule has 0 aliphatic rings. The van der Waals surface area contributed by atoms with Gasteiger partial charge >= 0.3 is 5.97 Å². The predicted molar refractivity (Wildman–Crippen MR) is 77.3 cm³/mol. The van der Waals surface area contributed by atoms with Crippen molar-refractivity contribution in [3.8, 4) is 0 Å². The van der Waals surface area contributed by atoms with Crippen LogP contribution in [0.25, 0.3) is 0 Å². The van der Waals surface area contributed by atoms with E-state index in [-0.39, 0.29) is 16.4 Å². The van der Waals surface area contributed by atoms with Crippen LogP contribution in [0.5, 0.6) is 0 Å². The van der Waals surface area contributed by atoms with E-state index < -0.39 is 10.9 Å². The van der Waals surface area contributed by atoms with E-state index >= 15 is 0 Å².